The van der Waals surface area contributed by atoms with Gasteiger partial charge >= 0.3 is 0 Å². The highest BCUT2D eigenvalue weighted by Gasteiger charge is 2.34. The van der Waals surface area contributed by atoms with Gasteiger partial charge < -0.3 is 10.2 Å². The Morgan fingerprint density at radius 3 is 3.00 bits per heavy atom. The number of nitrogens with zero attached hydrogens (tertiary/aromatic N) is 1. The van der Waals surface area contributed by atoms with E-state index >= 15 is 0 Å². The maximum Gasteiger partial charge on any atom is 0.164 e. The lowest BCUT2D eigenvalue weighted by atomic mass is 9.94. The zero-order chi connectivity index (χ0) is 11.8. The van der Waals surface area contributed by atoms with Crippen LogP contribution in [0.25, 0.3) is 0 Å². The van der Waals surface area contributed by atoms with Gasteiger partial charge in [0.25, 0.3) is 0 Å². The Morgan fingerprint density at radius 2 is 2.12 bits per heavy atom. The number of nitrogens with one attached hydrogen (secondary N) is 1. The fourth-order valence-electron chi connectivity index (χ4n) is 2.96. The van der Waals surface area contributed by atoms with E-state index in [0.29, 0.717) is 17.6 Å². The summed E-state index contributed by atoms with van der Waals surface area (Å²) in [7, 11) is 0. The topological polar surface area (TPSA) is 15.3 Å². The van der Waals surface area contributed by atoms with Crippen molar-refractivity contribution in [3.63, 3.8) is 0 Å². The summed E-state index contributed by atoms with van der Waals surface area (Å²) >= 11 is 5.79. The Kier molecular flexibility index (Phi) is 2.97. The van der Waals surface area contributed by atoms with Crippen molar-refractivity contribution in [1.29, 1.82) is 0 Å². The van der Waals surface area contributed by atoms with E-state index in [4.69, 9.17) is 11.6 Å². The standard InChI is InChI=1S/C13H16ClFN2/c14-10-2-1-3-12(13(10)15)16-11-5-7-17-6-4-9(11)8-17/h1-3,9,11,16H,4-8H2. The predicted octanol–water partition coefficient (Wildman–Crippen LogP) is 2.99. The SMILES string of the molecule is Fc1c(Cl)cccc1NC1CCN2CCC1C2. The van der Waals surface area contributed by atoms with E-state index in [2.05, 4.69) is 10.2 Å². The number of anilines is 1. The molecule has 3 atom stereocenters. The van der Waals surface area contributed by atoms with Crippen molar-refractivity contribution in [1.82, 2.24) is 4.90 Å². The number of fused-ring (bicyclic) bond motifs is 2. The molecule has 0 aromatic heterocycles. The monoisotopic (exact) mass is 254 g/mol. The Bertz CT molecular complexity index is 424. The Labute approximate surface area is 106 Å². The lowest BCUT2D eigenvalue weighted by molar-refractivity contribution is 0.254. The first kappa shape index (κ1) is 11.3. The molecule has 3 rings (SSSR count). The van der Waals surface area contributed by atoms with Crippen LogP contribution < -0.4 is 5.32 Å². The minimum Gasteiger partial charge on any atom is -0.380 e. The molecule has 4 heteroatoms. The lowest BCUT2D eigenvalue weighted by Gasteiger charge is -2.31. The summed E-state index contributed by atoms with van der Waals surface area (Å²) in [5.41, 5.74) is 0.544. The predicted molar refractivity (Wildman–Crippen MR) is 68.0 cm³/mol. The van der Waals surface area contributed by atoms with Crippen LogP contribution in [-0.2, 0) is 0 Å². The van der Waals surface area contributed by atoms with Crippen LogP contribution in [0.15, 0.2) is 18.2 Å². The largest absolute Gasteiger partial charge is 0.380 e. The summed E-state index contributed by atoms with van der Waals surface area (Å²) in [6.07, 6.45) is 2.32. The van der Waals surface area contributed by atoms with E-state index < -0.39 is 0 Å². The molecule has 2 fully saturated rings. The van der Waals surface area contributed by atoms with Crippen LogP contribution in [0, 0.1) is 11.7 Å². The van der Waals surface area contributed by atoms with Crippen LogP contribution in [0.5, 0.6) is 0 Å². The molecule has 2 saturated heterocycles. The molecule has 1 aromatic carbocycles. The Hall–Kier alpha value is -0.800. The number of rotatable bonds is 2. The van der Waals surface area contributed by atoms with Crippen molar-refractivity contribution in [2.24, 2.45) is 5.92 Å². The zero-order valence-electron chi connectivity index (χ0n) is 9.63. The minimum atomic E-state index is -0.324. The highest BCUT2D eigenvalue weighted by Crippen LogP contribution is 2.31. The van der Waals surface area contributed by atoms with Crippen LogP contribution in [-0.4, -0.2) is 30.6 Å². The van der Waals surface area contributed by atoms with E-state index in [0.717, 1.165) is 19.5 Å². The van der Waals surface area contributed by atoms with Crippen molar-refractivity contribution in [2.75, 3.05) is 25.0 Å². The number of benzene rings is 1. The Balaban J connectivity index is 1.76. The molecule has 92 valence electrons. The van der Waals surface area contributed by atoms with Crippen molar-refractivity contribution in [2.45, 2.75) is 18.9 Å². The van der Waals surface area contributed by atoms with Crippen molar-refractivity contribution < 1.29 is 4.39 Å². The third-order valence-electron chi connectivity index (χ3n) is 3.93. The highest BCUT2D eigenvalue weighted by molar-refractivity contribution is 6.31. The molecule has 2 heterocycles. The average Bonchev–Trinajstić information content (AvgIpc) is 2.71. The second-order valence-corrected chi connectivity index (χ2v) is 5.40. The molecule has 2 aliphatic heterocycles. The summed E-state index contributed by atoms with van der Waals surface area (Å²) in [5, 5.41) is 3.52. The lowest BCUT2D eigenvalue weighted by Crippen LogP contribution is -2.39. The fraction of sp³-hybridized carbons (Fsp3) is 0.538. The van der Waals surface area contributed by atoms with Gasteiger partial charge in [-0.1, -0.05) is 17.7 Å². The van der Waals surface area contributed by atoms with Gasteiger partial charge in [-0.05, 0) is 37.4 Å². The molecule has 2 aliphatic rings. The van der Waals surface area contributed by atoms with E-state index in [1.165, 1.54) is 13.0 Å². The summed E-state index contributed by atoms with van der Waals surface area (Å²) in [6, 6.07) is 5.53. The molecule has 3 unspecified atom stereocenters. The molecule has 0 saturated carbocycles. The first-order valence-corrected chi connectivity index (χ1v) is 6.55. The molecular formula is C13H16ClFN2. The van der Waals surface area contributed by atoms with Crippen LogP contribution >= 0.6 is 11.6 Å². The molecule has 2 nitrogen and oxygen atoms in total. The first-order chi connectivity index (χ1) is 8.24. The second-order valence-electron chi connectivity index (χ2n) is 4.99. The summed E-state index contributed by atoms with van der Waals surface area (Å²) in [5.74, 6) is 0.330. The second kappa shape index (κ2) is 4.46. The van der Waals surface area contributed by atoms with Crippen LogP contribution in [0.3, 0.4) is 0 Å². The zero-order valence-corrected chi connectivity index (χ0v) is 10.4. The molecule has 2 bridgehead atoms. The molecule has 0 aliphatic carbocycles. The normalized spacial score (nSPS) is 31.5. The number of hydrogen-bond acceptors (Lipinski definition) is 2. The summed E-state index contributed by atoms with van der Waals surface area (Å²) < 4.78 is 13.8. The van der Waals surface area contributed by atoms with Gasteiger partial charge in [0.2, 0.25) is 0 Å². The van der Waals surface area contributed by atoms with Gasteiger partial charge in [-0.15, -0.1) is 0 Å². The molecule has 1 N–H and O–H groups in total. The van der Waals surface area contributed by atoms with Crippen LogP contribution in [0.2, 0.25) is 5.02 Å². The van der Waals surface area contributed by atoms with Crippen molar-refractivity contribution >= 4 is 17.3 Å². The number of hydrogen-bond donors (Lipinski definition) is 1. The van der Waals surface area contributed by atoms with Crippen LogP contribution in [0.1, 0.15) is 12.8 Å². The van der Waals surface area contributed by atoms with Gasteiger partial charge in [0.15, 0.2) is 5.82 Å². The van der Waals surface area contributed by atoms with E-state index in [-0.39, 0.29) is 10.8 Å². The molecule has 0 radical (unpaired) electrons. The Morgan fingerprint density at radius 1 is 1.29 bits per heavy atom. The van der Waals surface area contributed by atoms with Gasteiger partial charge in [0, 0.05) is 19.1 Å². The molecule has 1 aromatic rings. The van der Waals surface area contributed by atoms with Gasteiger partial charge in [0.05, 0.1) is 10.7 Å². The quantitative estimate of drug-likeness (QED) is 0.873. The maximum atomic E-state index is 13.8. The number of piperidine rings is 1. The van der Waals surface area contributed by atoms with Gasteiger partial charge in [-0.2, -0.15) is 0 Å². The molecular weight excluding hydrogens is 239 g/mol. The first-order valence-electron chi connectivity index (χ1n) is 6.17. The van der Waals surface area contributed by atoms with E-state index in [9.17, 15) is 4.39 Å². The van der Waals surface area contributed by atoms with Crippen molar-refractivity contribution in [3.8, 4) is 0 Å². The van der Waals surface area contributed by atoms with Gasteiger partial charge in [-0.25, -0.2) is 4.39 Å². The molecule has 0 amide bonds. The summed E-state index contributed by atoms with van der Waals surface area (Å²) in [6.45, 7) is 3.47. The third kappa shape index (κ3) is 2.14. The minimum absolute atomic E-state index is 0.193. The third-order valence-corrected chi connectivity index (χ3v) is 4.22. The van der Waals surface area contributed by atoms with E-state index in [1.807, 2.05) is 0 Å². The average molecular weight is 255 g/mol. The van der Waals surface area contributed by atoms with Gasteiger partial charge in [0.1, 0.15) is 0 Å². The smallest absolute Gasteiger partial charge is 0.164 e. The van der Waals surface area contributed by atoms with Gasteiger partial charge in [-0.3, -0.25) is 0 Å². The van der Waals surface area contributed by atoms with Crippen molar-refractivity contribution in [3.05, 3.63) is 29.0 Å². The maximum absolute atomic E-state index is 13.8. The summed E-state index contributed by atoms with van der Waals surface area (Å²) in [4.78, 5) is 2.48. The molecule has 0 spiro atoms. The van der Waals surface area contributed by atoms with Crippen LogP contribution in [0.4, 0.5) is 10.1 Å². The highest BCUT2D eigenvalue weighted by atomic mass is 35.5. The fourth-order valence-corrected chi connectivity index (χ4v) is 3.13. The number of halogens is 2. The molecule has 17 heavy (non-hydrogen) atoms. The van der Waals surface area contributed by atoms with E-state index in [1.54, 1.807) is 18.2 Å².